The van der Waals surface area contributed by atoms with Gasteiger partial charge in [0.05, 0.1) is 12.2 Å². The Labute approximate surface area is 195 Å². The Hall–Kier alpha value is -3.60. The Kier molecular flexibility index (Phi) is 8.25. The van der Waals surface area contributed by atoms with E-state index in [1.54, 1.807) is 36.1 Å². The third-order valence-electron chi connectivity index (χ3n) is 5.64. The molecule has 0 saturated carbocycles. The van der Waals surface area contributed by atoms with Gasteiger partial charge in [-0.3, -0.25) is 4.79 Å². The van der Waals surface area contributed by atoms with Gasteiger partial charge in [-0.05, 0) is 66.4 Å². The zero-order chi connectivity index (χ0) is 23.8. The molecule has 3 aromatic carbocycles. The van der Waals surface area contributed by atoms with E-state index in [4.69, 9.17) is 10.5 Å². The largest absolute Gasteiger partial charge is 0.462 e. The molecule has 0 heterocycles. The lowest BCUT2D eigenvalue weighted by Crippen LogP contribution is -2.31. The Balaban J connectivity index is 1.93. The van der Waals surface area contributed by atoms with E-state index in [0.717, 1.165) is 41.2 Å². The van der Waals surface area contributed by atoms with Gasteiger partial charge in [-0.15, -0.1) is 0 Å². The van der Waals surface area contributed by atoms with Crippen LogP contribution in [0.2, 0.25) is 0 Å². The molecule has 0 aliphatic heterocycles. The van der Waals surface area contributed by atoms with Crippen LogP contribution >= 0.6 is 0 Å². The van der Waals surface area contributed by atoms with E-state index in [1.807, 2.05) is 25.1 Å². The predicted molar refractivity (Wildman–Crippen MR) is 136 cm³/mol. The number of carbonyl (C=O) groups excluding carboxylic acids is 2. The number of nitrogens with two attached hydrogens (primary N) is 1. The molecule has 3 aromatic rings. The minimum absolute atomic E-state index is 0.128. The van der Waals surface area contributed by atoms with Crippen molar-refractivity contribution in [1.29, 1.82) is 0 Å². The summed E-state index contributed by atoms with van der Waals surface area (Å²) in [6.45, 7) is 6.63. The first-order chi connectivity index (χ1) is 15.9. The molecule has 0 spiro atoms. The van der Waals surface area contributed by atoms with Gasteiger partial charge in [0.25, 0.3) is 5.91 Å². The van der Waals surface area contributed by atoms with Crippen molar-refractivity contribution >= 4 is 39.6 Å². The van der Waals surface area contributed by atoms with Gasteiger partial charge in [-0.2, -0.15) is 0 Å². The molecular weight excluding hydrogens is 412 g/mol. The summed E-state index contributed by atoms with van der Waals surface area (Å²) in [7, 11) is 0. The zero-order valence-electron chi connectivity index (χ0n) is 19.6. The Morgan fingerprint density at radius 2 is 1.73 bits per heavy atom. The maximum atomic E-state index is 13.4. The minimum atomic E-state index is -0.485. The second-order valence-electron chi connectivity index (χ2n) is 8.08. The number of nitrogens with zero attached hydrogens (tertiary/aromatic N) is 1. The molecule has 5 heteroatoms. The van der Waals surface area contributed by atoms with Crippen molar-refractivity contribution in [1.82, 2.24) is 0 Å². The molecule has 0 bridgehead atoms. The quantitative estimate of drug-likeness (QED) is 0.184. The molecule has 0 fully saturated rings. The van der Waals surface area contributed by atoms with Crippen LogP contribution in [0.5, 0.6) is 0 Å². The van der Waals surface area contributed by atoms with Crippen LogP contribution < -0.4 is 10.6 Å². The van der Waals surface area contributed by atoms with E-state index in [9.17, 15) is 9.59 Å². The molecule has 172 valence electrons. The van der Waals surface area contributed by atoms with Crippen molar-refractivity contribution in [3.05, 3.63) is 77.9 Å². The van der Waals surface area contributed by atoms with Crippen LogP contribution in [0.3, 0.4) is 0 Å². The summed E-state index contributed by atoms with van der Waals surface area (Å²) in [4.78, 5) is 27.4. The minimum Gasteiger partial charge on any atom is -0.462 e. The molecule has 0 aliphatic rings. The van der Waals surface area contributed by atoms with Crippen LogP contribution in [0.25, 0.3) is 16.3 Å². The third-order valence-corrected chi connectivity index (χ3v) is 5.64. The van der Waals surface area contributed by atoms with Gasteiger partial charge in [-0.1, -0.05) is 56.2 Å². The number of amides is 1. The number of hydrogen-bond donors (Lipinski definition) is 1. The summed E-state index contributed by atoms with van der Waals surface area (Å²) in [5, 5.41) is 2.29. The number of anilines is 2. The molecule has 1 amide bonds. The molecule has 0 atom stereocenters. The number of rotatable bonds is 9. The number of nitrogen functional groups attached to an aromatic ring is 1. The van der Waals surface area contributed by atoms with Crippen LogP contribution in [-0.2, 0) is 9.53 Å². The lowest BCUT2D eigenvalue weighted by molar-refractivity contribution is -0.114. The third kappa shape index (κ3) is 6.01. The normalized spacial score (nSPS) is 11.4. The highest BCUT2D eigenvalue weighted by Gasteiger charge is 2.18. The summed E-state index contributed by atoms with van der Waals surface area (Å²) in [6, 6.07) is 19.4. The van der Waals surface area contributed by atoms with E-state index >= 15 is 0 Å². The monoisotopic (exact) mass is 444 g/mol. The van der Waals surface area contributed by atoms with Crippen molar-refractivity contribution in [2.45, 2.75) is 40.0 Å². The highest BCUT2D eigenvalue weighted by atomic mass is 16.5. The number of carbonyl (C=O) groups is 2. The van der Waals surface area contributed by atoms with E-state index in [2.05, 4.69) is 31.2 Å². The van der Waals surface area contributed by atoms with Crippen LogP contribution in [0.4, 0.5) is 11.4 Å². The molecule has 3 rings (SSSR count). The SMILES string of the molecule is CCCCCN(C(=O)C=C(C)c1ccc2ccccc2c1)c1ccc(N)c(C(=O)OCC)c1. The summed E-state index contributed by atoms with van der Waals surface area (Å²) < 4.78 is 5.13. The second-order valence-corrected chi connectivity index (χ2v) is 8.08. The second kappa shape index (κ2) is 11.3. The highest BCUT2D eigenvalue weighted by Crippen LogP contribution is 2.25. The first-order valence-electron chi connectivity index (χ1n) is 11.5. The number of hydrogen-bond acceptors (Lipinski definition) is 4. The van der Waals surface area contributed by atoms with Gasteiger partial charge >= 0.3 is 5.97 Å². The van der Waals surface area contributed by atoms with Crippen LogP contribution in [-0.4, -0.2) is 25.0 Å². The first-order valence-corrected chi connectivity index (χ1v) is 11.5. The standard InChI is InChI=1S/C28H32N2O3/c1-4-6-9-16-30(24-14-15-26(29)25(19-24)28(32)33-5-2)27(31)17-20(3)22-13-12-21-10-7-8-11-23(21)18-22/h7-8,10-15,17-19H,4-6,9,16,29H2,1-3H3. The van der Waals surface area contributed by atoms with Gasteiger partial charge in [0, 0.05) is 24.0 Å². The summed E-state index contributed by atoms with van der Waals surface area (Å²) >= 11 is 0. The Morgan fingerprint density at radius 3 is 2.45 bits per heavy atom. The maximum absolute atomic E-state index is 13.4. The van der Waals surface area contributed by atoms with Gasteiger partial charge < -0.3 is 15.4 Å². The fourth-order valence-electron chi connectivity index (χ4n) is 3.77. The summed E-state index contributed by atoms with van der Waals surface area (Å²) in [5.74, 6) is -0.614. The summed E-state index contributed by atoms with van der Waals surface area (Å²) in [5.41, 5.74) is 9.13. The number of benzene rings is 3. The van der Waals surface area contributed by atoms with Crippen molar-refractivity contribution in [2.75, 3.05) is 23.8 Å². The van der Waals surface area contributed by atoms with Crippen LogP contribution in [0, 0.1) is 0 Å². The average Bonchev–Trinajstić information content (AvgIpc) is 2.82. The number of ether oxygens (including phenoxy) is 1. The summed E-state index contributed by atoms with van der Waals surface area (Å²) in [6.07, 6.45) is 4.58. The zero-order valence-corrected chi connectivity index (χ0v) is 19.6. The van der Waals surface area contributed by atoms with Gasteiger partial charge in [0.15, 0.2) is 0 Å². The van der Waals surface area contributed by atoms with Crippen molar-refractivity contribution in [2.24, 2.45) is 0 Å². The van der Waals surface area contributed by atoms with Crippen LogP contribution in [0.1, 0.15) is 56.0 Å². The average molecular weight is 445 g/mol. The topological polar surface area (TPSA) is 72.6 Å². The fraction of sp³-hybridized carbons (Fsp3) is 0.286. The van der Waals surface area contributed by atoms with Gasteiger partial charge in [0.2, 0.25) is 0 Å². The van der Waals surface area contributed by atoms with E-state index in [-0.39, 0.29) is 18.1 Å². The molecule has 0 aliphatic carbocycles. The first kappa shape index (κ1) is 24.1. The molecular formula is C28H32N2O3. The molecule has 0 unspecified atom stereocenters. The number of esters is 1. The lowest BCUT2D eigenvalue weighted by Gasteiger charge is -2.23. The van der Waals surface area contributed by atoms with E-state index in [1.165, 1.54) is 0 Å². The highest BCUT2D eigenvalue weighted by molar-refractivity contribution is 6.07. The Morgan fingerprint density at radius 1 is 0.970 bits per heavy atom. The van der Waals surface area contributed by atoms with Crippen molar-refractivity contribution < 1.29 is 14.3 Å². The van der Waals surface area contributed by atoms with Crippen molar-refractivity contribution in [3.8, 4) is 0 Å². The van der Waals surface area contributed by atoms with Gasteiger partial charge in [0.1, 0.15) is 0 Å². The number of allylic oxidation sites excluding steroid dienone is 1. The maximum Gasteiger partial charge on any atom is 0.340 e. The number of unbranched alkanes of at least 4 members (excludes halogenated alkanes) is 2. The fourth-order valence-corrected chi connectivity index (χ4v) is 3.77. The van der Waals surface area contributed by atoms with Crippen molar-refractivity contribution in [3.63, 3.8) is 0 Å². The molecule has 0 saturated heterocycles. The molecule has 0 radical (unpaired) electrons. The number of fused-ring (bicyclic) bond motifs is 1. The smallest absolute Gasteiger partial charge is 0.340 e. The lowest BCUT2D eigenvalue weighted by atomic mass is 10.0. The van der Waals surface area contributed by atoms with E-state index in [0.29, 0.717) is 17.9 Å². The predicted octanol–water partition coefficient (Wildman–Crippen LogP) is 6.23. The Bertz CT molecular complexity index is 1170. The van der Waals surface area contributed by atoms with Gasteiger partial charge in [-0.25, -0.2) is 4.79 Å². The van der Waals surface area contributed by atoms with E-state index < -0.39 is 5.97 Å². The molecule has 2 N–H and O–H groups in total. The molecule has 5 nitrogen and oxygen atoms in total. The molecule has 0 aromatic heterocycles. The molecule has 33 heavy (non-hydrogen) atoms. The van der Waals surface area contributed by atoms with Crippen LogP contribution in [0.15, 0.2) is 66.7 Å².